The molecule has 0 saturated heterocycles. The largest absolute Gasteiger partial charge is 0.465 e. The molecule has 0 spiro atoms. The Bertz CT molecular complexity index is 613. The zero-order valence-electron chi connectivity index (χ0n) is 9.85. The topological polar surface area (TPSA) is 60.7 Å². The van der Waals surface area contributed by atoms with Crippen LogP contribution in [0.3, 0.4) is 0 Å². The second kappa shape index (κ2) is 4.01. The Morgan fingerprint density at radius 3 is 2.71 bits per heavy atom. The quantitative estimate of drug-likeness (QED) is 0.583. The fourth-order valence-corrected chi connectivity index (χ4v) is 1.83. The molecule has 2 aromatic heterocycles. The van der Waals surface area contributed by atoms with Gasteiger partial charge in [-0.2, -0.15) is 0 Å². The molecule has 0 bridgehead atoms. The van der Waals surface area contributed by atoms with Crippen molar-refractivity contribution in [3.05, 3.63) is 35.3 Å². The Hall–Kier alpha value is -2.17. The number of hydrogen-bond acceptors (Lipinski definition) is 4. The highest BCUT2D eigenvalue weighted by Gasteiger charge is 2.14. The summed E-state index contributed by atoms with van der Waals surface area (Å²) >= 11 is 0. The molecule has 0 radical (unpaired) electrons. The molecule has 2 rings (SSSR count). The number of Topliss-reactive ketones (excluding diaryl/α,β-unsaturated/α-hetero) is 1. The second-order valence-electron chi connectivity index (χ2n) is 3.74. The number of carbonyl (C=O) groups excluding carboxylic acids is 2. The number of ether oxygens (including phenoxy) is 1. The van der Waals surface area contributed by atoms with Crippen molar-refractivity contribution in [3.63, 3.8) is 0 Å². The summed E-state index contributed by atoms with van der Waals surface area (Å²) in [5.41, 5.74) is 2.17. The van der Waals surface area contributed by atoms with Crippen LogP contribution in [-0.2, 0) is 4.74 Å². The van der Waals surface area contributed by atoms with Crippen LogP contribution in [0.2, 0.25) is 0 Å². The average molecular weight is 232 g/mol. The lowest BCUT2D eigenvalue weighted by atomic mass is 10.2. The average Bonchev–Trinajstić information content (AvgIpc) is 2.62. The van der Waals surface area contributed by atoms with Crippen LogP contribution in [0.15, 0.2) is 18.3 Å². The van der Waals surface area contributed by atoms with Gasteiger partial charge in [0.25, 0.3) is 0 Å². The molecule has 88 valence electrons. The standard InChI is InChI=1S/C12H12N2O3/c1-7-11(8(2)15)14-5-4-9(12(16)17-3)6-10(14)13-7/h4-6H,1-3H3. The van der Waals surface area contributed by atoms with E-state index < -0.39 is 5.97 Å². The SMILES string of the molecule is COC(=O)c1ccn2c(C(C)=O)c(C)nc2c1. The fourth-order valence-electron chi connectivity index (χ4n) is 1.83. The molecule has 0 aromatic carbocycles. The number of fused-ring (bicyclic) bond motifs is 1. The van der Waals surface area contributed by atoms with Crippen molar-refractivity contribution in [1.29, 1.82) is 0 Å². The van der Waals surface area contributed by atoms with Gasteiger partial charge in [-0.3, -0.25) is 9.20 Å². The normalized spacial score (nSPS) is 10.5. The number of carbonyl (C=O) groups is 2. The summed E-state index contributed by atoms with van der Waals surface area (Å²) < 4.78 is 6.30. The molecular formula is C12H12N2O3. The molecule has 2 aromatic rings. The molecular weight excluding hydrogens is 220 g/mol. The van der Waals surface area contributed by atoms with Crippen LogP contribution in [0.5, 0.6) is 0 Å². The lowest BCUT2D eigenvalue weighted by Gasteiger charge is -2.01. The number of ketones is 1. The fraction of sp³-hybridized carbons (Fsp3) is 0.250. The number of esters is 1. The van der Waals surface area contributed by atoms with Crippen LogP contribution in [0, 0.1) is 6.92 Å². The molecule has 5 nitrogen and oxygen atoms in total. The minimum Gasteiger partial charge on any atom is -0.465 e. The second-order valence-corrected chi connectivity index (χ2v) is 3.74. The lowest BCUT2D eigenvalue weighted by molar-refractivity contribution is 0.0600. The van der Waals surface area contributed by atoms with Gasteiger partial charge in [0.15, 0.2) is 5.78 Å². The van der Waals surface area contributed by atoms with E-state index in [2.05, 4.69) is 9.72 Å². The summed E-state index contributed by atoms with van der Waals surface area (Å²) in [6.07, 6.45) is 1.65. The van der Waals surface area contributed by atoms with Gasteiger partial charge >= 0.3 is 5.97 Å². The van der Waals surface area contributed by atoms with Gasteiger partial charge in [0.1, 0.15) is 11.3 Å². The van der Waals surface area contributed by atoms with E-state index in [1.807, 2.05) is 0 Å². The van der Waals surface area contributed by atoms with Gasteiger partial charge in [-0.1, -0.05) is 0 Å². The number of nitrogens with zero attached hydrogens (tertiary/aromatic N) is 2. The van der Waals surface area contributed by atoms with E-state index in [-0.39, 0.29) is 5.78 Å². The number of aryl methyl sites for hydroxylation is 1. The van der Waals surface area contributed by atoms with Gasteiger partial charge in [0, 0.05) is 13.1 Å². The zero-order chi connectivity index (χ0) is 12.6. The smallest absolute Gasteiger partial charge is 0.338 e. The summed E-state index contributed by atoms with van der Waals surface area (Å²) in [6, 6.07) is 3.21. The summed E-state index contributed by atoms with van der Waals surface area (Å²) in [6.45, 7) is 3.26. The van der Waals surface area contributed by atoms with Gasteiger partial charge in [-0.25, -0.2) is 9.78 Å². The minimum atomic E-state index is -0.419. The van der Waals surface area contributed by atoms with Gasteiger partial charge < -0.3 is 4.74 Å². The highest BCUT2D eigenvalue weighted by molar-refractivity contribution is 5.95. The van der Waals surface area contributed by atoms with Crippen molar-refractivity contribution in [2.75, 3.05) is 7.11 Å². The minimum absolute atomic E-state index is 0.0548. The number of methoxy groups -OCH3 is 1. The Morgan fingerprint density at radius 2 is 2.12 bits per heavy atom. The zero-order valence-corrected chi connectivity index (χ0v) is 9.85. The first kappa shape index (κ1) is 11.3. The molecule has 0 amide bonds. The molecule has 0 atom stereocenters. The van der Waals surface area contributed by atoms with Crippen molar-refractivity contribution < 1.29 is 14.3 Å². The Balaban J connectivity index is 2.65. The maximum atomic E-state index is 11.5. The molecule has 0 aliphatic carbocycles. The Kier molecular flexibility index (Phi) is 2.67. The lowest BCUT2D eigenvalue weighted by Crippen LogP contribution is -2.04. The van der Waals surface area contributed by atoms with E-state index in [9.17, 15) is 9.59 Å². The van der Waals surface area contributed by atoms with Crippen LogP contribution in [-0.4, -0.2) is 28.2 Å². The van der Waals surface area contributed by atoms with E-state index in [1.54, 1.807) is 29.7 Å². The molecule has 17 heavy (non-hydrogen) atoms. The monoisotopic (exact) mass is 232 g/mol. The molecule has 0 unspecified atom stereocenters. The maximum absolute atomic E-state index is 11.5. The van der Waals surface area contributed by atoms with Crippen LogP contribution in [0.25, 0.3) is 5.65 Å². The molecule has 0 aliphatic rings. The summed E-state index contributed by atoms with van der Waals surface area (Å²) in [5, 5.41) is 0. The molecule has 2 heterocycles. The number of imidazole rings is 1. The van der Waals surface area contributed by atoms with Gasteiger partial charge in [0.2, 0.25) is 0 Å². The highest BCUT2D eigenvalue weighted by Crippen LogP contribution is 2.14. The molecule has 5 heteroatoms. The van der Waals surface area contributed by atoms with E-state index >= 15 is 0 Å². The van der Waals surface area contributed by atoms with Gasteiger partial charge in [-0.05, 0) is 19.1 Å². The molecule has 0 aliphatic heterocycles. The number of aromatic nitrogens is 2. The van der Waals surface area contributed by atoms with Gasteiger partial charge in [-0.15, -0.1) is 0 Å². The molecule has 0 N–H and O–H groups in total. The third kappa shape index (κ3) is 1.80. The summed E-state index contributed by atoms with van der Waals surface area (Å²) in [7, 11) is 1.32. The van der Waals surface area contributed by atoms with Crippen molar-refractivity contribution >= 4 is 17.4 Å². The van der Waals surface area contributed by atoms with E-state index in [1.165, 1.54) is 14.0 Å². The van der Waals surface area contributed by atoms with Crippen LogP contribution < -0.4 is 0 Å². The Labute approximate surface area is 98.0 Å². The van der Waals surface area contributed by atoms with Crippen molar-refractivity contribution in [2.45, 2.75) is 13.8 Å². The number of rotatable bonds is 2. The van der Waals surface area contributed by atoms with Crippen LogP contribution >= 0.6 is 0 Å². The van der Waals surface area contributed by atoms with E-state index in [4.69, 9.17) is 0 Å². The highest BCUT2D eigenvalue weighted by atomic mass is 16.5. The van der Waals surface area contributed by atoms with Crippen molar-refractivity contribution in [1.82, 2.24) is 9.38 Å². The van der Waals surface area contributed by atoms with Gasteiger partial charge in [0.05, 0.1) is 18.4 Å². The van der Waals surface area contributed by atoms with E-state index in [0.29, 0.717) is 22.6 Å². The maximum Gasteiger partial charge on any atom is 0.338 e. The number of hydrogen-bond donors (Lipinski definition) is 0. The van der Waals surface area contributed by atoms with Crippen LogP contribution in [0.1, 0.15) is 33.5 Å². The Morgan fingerprint density at radius 1 is 1.41 bits per heavy atom. The predicted molar refractivity (Wildman–Crippen MR) is 61.3 cm³/mol. The first-order chi connectivity index (χ1) is 8.04. The van der Waals surface area contributed by atoms with E-state index in [0.717, 1.165) is 0 Å². The summed E-state index contributed by atoms with van der Waals surface area (Å²) in [4.78, 5) is 27.1. The van der Waals surface area contributed by atoms with Crippen molar-refractivity contribution in [3.8, 4) is 0 Å². The first-order valence-corrected chi connectivity index (χ1v) is 5.12. The third-order valence-electron chi connectivity index (χ3n) is 2.56. The number of pyridine rings is 1. The predicted octanol–water partition coefficient (Wildman–Crippen LogP) is 1.63. The first-order valence-electron chi connectivity index (χ1n) is 5.12. The summed E-state index contributed by atoms with van der Waals surface area (Å²) in [5.74, 6) is -0.474. The molecule has 0 saturated carbocycles. The van der Waals surface area contributed by atoms with Crippen molar-refractivity contribution in [2.24, 2.45) is 0 Å². The third-order valence-corrected chi connectivity index (χ3v) is 2.56. The van der Waals surface area contributed by atoms with Crippen LogP contribution in [0.4, 0.5) is 0 Å². The molecule has 0 fully saturated rings.